The van der Waals surface area contributed by atoms with E-state index in [1.54, 1.807) is 12.4 Å². The highest BCUT2D eigenvalue weighted by atomic mass is 16.5. The second-order valence-electron chi connectivity index (χ2n) is 2.41. The molecule has 0 aromatic carbocycles. The molecule has 0 aliphatic heterocycles. The van der Waals surface area contributed by atoms with E-state index in [9.17, 15) is 0 Å². The van der Waals surface area contributed by atoms with Crippen LogP contribution in [0.4, 0.5) is 0 Å². The fourth-order valence-corrected chi connectivity index (χ4v) is 0.813. The number of aromatic nitrogens is 1. The van der Waals surface area contributed by atoms with Crippen LogP contribution in [0.1, 0.15) is 18.9 Å². The molecule has 0 radical (unpaired) electrons. The summed E-state index contributed by atoms with van der Waals surface area (Å²) in [5.41, 5.74) is 1.19. The third kappa shape index (κ3) is 3.14. The van der Waals surface area contributed by atoms with Crippen LogP contribution >= 0.6 is 0 Å². The fourth-order valence-electron chi connectivity index (χ4n) is 0.813. The minimum atomic E-state index is 0.705. The van der Waals surface area contributed by atoms with Crippen molar-refractivity contribution in [3.8, 4) is 0 Å². The molecule has 1 aromatic rings. The van der Waals surface area contributed by atoms with E-state index in [2.05, 4.69) is 11.9 Å². The highest BCUT2D eigenvalue weighted by Gasteiger charge is 1.89. The van der Waals surface area contributed by atoms with Crippen LogP contribution < -0.4 is 0 Å². The van der Waals surface area contributed by atoms with Gasteiger partial charge < -0.3 is 4.74 Å². The number of rotatable bonds is 4. The lowest BCUT2D eigenvalue weighted by Gasteiger charge is -2.00. The SMILES string of the molecule is CCCOCc1ccncc1. The lowest BCUT2D eigenvalue weighted by Crippen LogP contribution is -1.93. The van der Waals surface area contributed by atoms with Gasteiger partial charge in [0.1, 0.15) is 0 Å². The molecule has 0 spiro atoms. The molecule has 2 nitrogen and oxygen atoms in total. The van der Waals surface area contributed by atoms with Crippen LogP contribution in [0.2, 0.25) is 0 Å². The number of pyridine rings is 1. The van der Waals surface area contributed by atoms with Gasteiger partial charge in [-0.2, -0.15) is 0 Å². The standard InChI is InChI=1S/C9H13NO/c1-2-7-11-8-9-3-5-10-6-4-9/h3-6H,2,7-8H2,1H3. The van der Waals surface area contributed by atoms with Crippen molar-refractivity contribution in [2.45, 2.75) is 20.0 Å². The predicted octanol–water partition coefficient (Wildman–Crippen LogP) is 2.01. The van der Waals surface area contributed by atoms with E-state index in [1.165, 1.54) is 5.56 Å². The molecule has 1 rings (SSSR count). The van der Waals surface area contributed by atoms with E-state index < -0.39 is 0 Å². The van der Waals surface area contributed by atoms with Gasteiger partial charge in [0.05, 0.1) is 6.61 Å². The van der Waals surface area contributed by atoms with Crippen molar-refractivity contribution in [2.24, 2.45) is 0 Å². The van der Waals surface area contributed by atoms with Crippen LogP contribution in [-0.2, 0) is 11.3 Å². The molecule has 0 atom stereocenters. The molecule has 60 valence electrons. The number of nitrogens with zero attached hydrogens (tertiary/aromatic N) is 1. The maximum absolute atomic E-state index is 5.34. The molecule has 0 N–H and O–H groups in total. The second kappa shape index (κ2) is 4.85. The smallest absolute Gasteiger partial charge is 0.0717 e. The Bertz CT molecular complexity index is 186. The van der Waals surface area contributed by atoms with Gasteiger partial charge in [0.15, 0.2) is 0 Å². The predicted molar refractivity (Wildman–Crippen MR) is 44.2 cm³/mol. The molecular weight excluding hydrogens is 138 g/mol. The summed E-state index contributed by atoms with van der Waals surface area (Å²) in [6.45, 7) is 3.64. The highest BCUT2D eigenvalue weighted by Crippen LogP contribution is 1.98. The number of ether oxygens (including phenoxy) is 1. The molecule has 0 amide bonds. The third-order valence-corrected chi connectivity index (χ3v) is 1.37. The van der Waals surface area contributed by atoms with Crippen molar-refractivity contribution >= 4 is 0 Å². The van der Waals surface area contributed by atoms with Gasteiger partial charge in [-0.1, -0.05) is 6.92 Å². The van der Waals surface area contributed by atoms with Gasteiger partial charge in [0, 0.05) is 19.0 Å². The lowest BCUT2D eigenvalue weighted by molar-refractivity contribution is 0.121. The second-order valence-corrected chi connectivity index (χ2v) is 2.41. The fraction of sp³-hybridized carbons (Fsp3) is 0.444. The van der Waals surface area contributed by atoms with Crippen LogP contribution in [0, 0.1) is 0 Å². The molecule has 0 bridgehead atoms. The van der Waals surface area contributed by atoms with Gasteiger partial charge in [-0.3, -0.25) is 4.98 Å². The van der Waals surface area contributed by atoms with Crippen molar-refractivity contribution in [3.05, 3.63) is 30.1 Å². The summed E-state index contributed by atoms with van der Waals surface area (Å²) >= 11 is 0. The Morgan fingerprint density at radius 3 is 2.73 bits per heavy atom. The molecular formula is C9H13NO. The summed E-state index contributed by atoms with van der Waals surface area (Å²) in [7, 11) is 0. The third-order valence-electron chi connectivity index (χ3n) is 1.37. The average molecular weight is 151 g/mol. The average Bonchev–Trinajstić information content (AvgIpc) is 2.07. The van der Waals surface area contributed by atoms with Crippen molar-refractivity contribution in [3.63, 3.8) is 0 Å². The van der Waals surface area contributed by atoms with Gasteiger partial charge in [0.2, 0.25) is 0 Å². The Labute approximate surface area is 67.2 Å². The van der Waals surface area contributed by atoms with Crippen LogP contribution in [0.15, 0.2) is 24.5 Å². The molecule has 0 saturated carbocycles. The summed E-state index contributed by atoms with van der Waals surface area (Å²) < 4.78 is 5.34. The molecule has 1 aromatic heterocycles. The summed E-state index contributed by atoms with van der Waals surface area (Å²) in [6, 6.07) is 3.94. The van der Waals surface area contributed by atoms with Crippen LogP contribution in [0.3, 0.4) is 0 Å². The zero-order valence-corrected chi connectivity index (χ0v) is 6.79. The zero-order valence-electron chi connectivity index (χ0n) is 6.79. The monoisotopic (exact) mass is 151 g/mol. The van der Waals surface area contributed by atoms with Gasteiger partial charge in [0.25, 0.3) is 0 Å². The molecule has 0 aliphatic rings. The van der Waals surface area contributed by atoms with Gasteiger partial charge in [-0.25, -0.2) is 0 Å². The molecule has 0 aliphatic carbocycles. The van der Waals surface area contributed by atoms with Crippen LogP contribution in [0.25, 0.3) is 0 Å². The first-order chi connectivity index (χ1) is 5.43. The Hall–Kier alpha value is -0.890. The quantitative estimate of drug-likeness (QED) is 0.614. The van der Waals surface area contributed by atoms with Crippen molar-refractivity contribution in [1.82, 2.24) is 4.98 Å². The van der Waals surface area contributed by atoms with E-state index in [0.717, 1.165) is 13.0 Å². The van der Waals surface area contributed by atoms with Crippen LogP contribution in [0.5, 0.6) is 0 Å². The lowest BCUT2D eigenvalue weighted by atomic mass is 10.3. The number of hydrogen-bond donors (Lipinski definition) is 0. The van der Waals surface area contributed by atoms with E-state index in [-0.39, 0.29) is 0 Å². The topological polar surface area (TPSA) is 22.1 Å². The summed E-state index contributed by atoms with van der Waals surface area (Å²) in [6.07, 6.45) is 4.64. The van der Waals surface area contributed by atoms with Crippen molar-refractivity contribution in [2.75, 3.05) is 6.61 Å². The van der Waals surface area contributed by atoms with Crippen LogP contribution in [-0.4, -0.2) is 11.6 Å². The first-order valence-corrected chi connectivity index (χ1v) is 3.90. The maximum atomic E-state index is 5.34. The summed E-state index contributed by atoms with van der Waals surface area (Å²) in [5, 5.41) is 0. The maximum Gasteiger partial charge on any atom is 0.0717 e. The normalized spacial score (nSPS) is 9.91. The van der Waals surface area contributed by atoms with Gasteiger partial charge in [-0.15, -0.1) is 0 Å². The van der Waals surface area contributed by atoms with E-state index in [0.29, 0.717) is 6.61 Å². The molecule has 0 fully saturated rings. The Kier molecular flexibility index (Phi) is 3.62. The number of hydrogen-bond acceptors (Lipinski definition) is 2. The zero-order chi connectivity index (χ0) is 7.94. The highest BCUT2D eigenvalue weighted by molar-refractivity contribution is 5.07. The first kappa shape index (κ1) is 8.21. The molecule has 1 heterocycles. The largest absolute Gasteiger partial charge is 0.377 e. The van der Waals surface area contributed by atoms with E-state index in [4.69, 9.17) is 4.74 Å². The Balaban J connectivity index is 2.28. The minimum Gasteiger partial charge on any atom is -0.377 e. The summed E-state index contributed by atoms with van der Waals surface area (Å²) in [5.74, 6) is 0. The summed E-state index contributed by atoms with van der Waals surface area (Å²) in [4.78, 5) is 3.92. The van der Waals surface area contributed by atoms with E-state index in [1.807, 2.05) is 12.1 Å². The first-order valence-electron chi connectivity index (χ1n) is 3.90. The molecule has 0 saturated heterocycles. The molecule has 0 unspecified atom stereocenters. The van der Waals surface area contributed by atoms with Gasteiger partial charge in [-0.05, 0) is 24.1 Å². The van der Waals surface area contributed by atoms with Gasteiger partial charge >= 0.3 is 0 Å². The Morgan fingerprint density at radius 1 is 1.36 bits per heavy atom. The Morgan fingerprint density at radius 2 is 2.09 bits per heavy atom. The minimum absolute atomic E-state index is 0.705. The molecule has 2 heteroatoms. The van der Waals surface area contributed by atoms with Crippen molar-refractivity contribution in [1.29, 1.82) is 0 Å². The van der Waals surface area contributed by atoms with Crippen molar-refractivity contribution < 1.29 is 4.74 Å². The molecule has 11 heavy (non-hydrogen) atoms. The van der Waals surface area contributed by atoms with E-state index >= 15 is 0 Å².